The zero-order valence-electron chi connectivity index (χ0n) is 40.8. The van der Waals surface area contributed by atoms with Crippen molar-refractivity contribution in [3.63, 3.8) is 0 Å². The summed E-state index contributed by atoms with van der Waals surface area (Å²) in [4.78, 5) is 43.5. The summed E-state index contributed by atoms with van der Waals surface area (Å²) in [5.41, 5.74) is 2.39. The molecule has 0 aliphatic heterocycles. The minimum atomic E-state index is -0.936. The standard InChI is InChI=1S/2C27H44O5.Ba/c2*1-24(28)32-26(20-15-16-22-31-23-25-17-11-10-12-18-25)19-13-8-6-4-2-3-5-7-9-14-21-27(29)30;/h2*10-12,17-18,26H,2-9,13-16,19-23H2,1H3,(H,29,30);/q;;+2/p-2. The molecule has 0 heterocycles. The molecule has 2 atom stereocenters. The normalized spacial score (nSPS) is 11.7. The molecule has 0 aromatic heterocycles. The van der Waals surface area contributed by atoms with E-state index in [2.05, 4.69) is 24.3 Å². The summed E-state index contributed by atoms with van der Waals surface area (Å²) in [7, 11) is 0. The van der Waals surface area contributed by atoms with Gasteiger partial charge in [-0.1, -0.05) is 163 Å². The van der Waals surface area contributed by atoms with Gasteiger partial charge in [-0.2, -0.15) is 0 Å². The first kappa shape index (κ1) is 62.8. The van der Waals surface area contributed by atoms with Crippen LogP contribution in [0.15, 0.2) is 60.7 Å². The molecular formula is C54H86BaO10. The Balaban J connectivity index is 0.00000124. The van der Waals surface area contributed by atoms with E-state index in [-0.39, 0.29) is 85.9 Å². The zero-order chi connectivity index (χ0) is 46.6. The Morgan fingerprint density at radius 3 is 0.938 bits per heavy atom. The van der Waals surface area contributed by atoms with E-state index < -0.39 is 11.9 Å². The average molecular weight is 1030 g/mol. The van der Waals surface area contributed by atoms with Crippen molar-refractivity contribution in [2.45, 2.75) is 232 Å². The third-order valence-electron chi connectivity index (χ3n) is 11.3. The fraction of sp³-hybridized carbons (Fsp3) is 0.704. The molecular weight excluding hydrogens is 946 g/mol. The Kier molecular flexibility index (Phi) is 45.3. The van der Waals surface area contributed by atoms with E-state index in [0.29, 0.717) is 13.2 Å². The third-order valence-corrected chi connectivity index (χ3v) is 11.3. The average Bonchev–Trinajstić information content (AvgIpc) is 3.26. The summed E-state index contributed by atoms with van der Waals surface area (Å²) < 4.78 is 22.5. The minimum Gasteiger partial charge on any atom is -0.550 e. The molecule has 2 aromatic carbocycles. The van der Waals surface area contributed by atoms with Crippen LogP contribution >= 0.6 is 0 Å². The SMILES string of the molecule is CC(=O)OC(CCCCCCCCCCCCC(=O)[O-])CCCCOCc1ccccc1.CC(=O)OC(CCCCCCCCCCCCC(=O)[O-])CCCCOCc1ccccc1.[Ba+2]. The number of hydrogen-bond donors (Lipinski definition) is 0. The van der Waals surface area contributed by atoms with Gasteiger partial charge in [-0.3, -0.25) is 9.59 Å². The molecule has 0 saturated carbocycles. The maximum atomic E-state index is 11.4. The summed E-state index contributed by atoms with van der Waals surface area (Å²) in [5.74, 6) is -2.24. The smallest absolute Gasteiger partial charge is 0.550 e. The van der Waals surface area contributed by atoms with Crippen molar-refractivity contribution in [3.8, 4) is 0 Å². The Bertz CT molecular complexity index is 1290. The number of benzene rings is 2. The number of hydrogen-bond acceptors (Lipinski definition) is 10. The van der Waals surface area contributed by atoms with Crippen LogP contribution in [-0.4, -0.2) is 98.2 Å². The van der Waals surface area contributed by atoms with Gasteiger partial charge in [-0.15, -0.1) is 0 Å². The number of esters is 2. The van der Waals surface area contributed by atoms with E-state index in [1.807, 2.05) is 36.4 Å². The maximum absolute atomic E-state index is 11.4. The molecule has 0 bridgehead atoms. The fourth-order valence-electron chi connectivity index (χ4n) is 7.79. The van der Waals surface area contributed by atoms with Gasteiger partial charge in [0.2, 0.25) is 0 Å². The van der Waals surface area contributed by atoms with Gasteiger partial charge in [0.15, 0.2) is 0 Å². The second-order valence-corrected chi connectivity index (χ2v) is 17.4. The maximum Gasteiger partial charge on any atom is 2.00 e. The molecule has 10 nitrogen and oxygen atoms in total. The van der Waals surface area contributed by atoms with Gasteiger partial charge in [-0.25, -0.2) is 0 Å². The molecule has 0 aliphatic rings. The van der Waals surface area contributed by atoms with Crippen molar-refractivity contribution in [1.29, 1.82) is 0 Å². The second kappa shape index (κ2) is 46.9. The molecule has 0 fully saturated rings. The second-order valence-electron chi connectivity index (χ2n) is 17.4. The number of ether oxygens (including phenoxy) is 4. The van der Waals surface area contributed by atoms with Crippen molar-refractivity contribution < 1.29 is 48.3 Å². The summed E-state index contributed by atoms with van der Waals surface area (Å²) >= 11 is 0. The fourth-order valence-corrected chi connectivity index (χ4v) is 7.79. The number of carboxylic acid groups (broad SMARTS) is 2. The number of aliphatic carboxylic acids is 2. The van der Waals surface area contributed by atoms with Crippen molar-refractivity contribution in [2.24, 2.45) is 0 Å². The van der Waals surface area contributed by atoms with Crippen LogP contribution in [0.3, 0.4) is 0 Å². The predicted octanol–water partition coefficient (Wildman–Crippen LogP) is 11.1. The number of carbonyl (C=O) groups is 4. The Labute approximate surface area is 434 Å². The molecule has 0 N–H and O–H groups in total. The topological polar surface area (TPSA) is 151 Å². The van der Waals surface area contributed by atoms with Crippen LogP contribution in [0.4, 0.5) is 0 Å². The van der Waals surface area contributed by atoms with Gasteiger partial charge in [0.05, 0.1) is 13.2 Å². The molecule has 0 amide bonds. The molecule has 11 heteroatoms. The molecule has 0 spiro atoms. The van der Waals surface area contributed by atoms with Gasteiger partial charge < -0.3 is 38.7 Å². The molecule has 2 rings (SSSR count). The first-order chi connectivity index (χ1) is 31.2. The first-order valence-corrected chi connectivity index (χ1v) is 25.1. The molecule has 0 radical (unpaired) electrons. The van der Waals surface area contributed by atoms with Crippen molar-refractivity contribution in [1.82, 2.24) is 0 Å². The van der Waals surface area contributed by atoms with E-state index in [1.54, 1.807) is 0 Å². The van der Waals surface area contributed by atoms with Crippen LogP contribution in [-0.2, 0) is 51.3 Å². The number of carbonyl (C=O) groups excluding carboxylic acids is 4. The largest absolute Gasteiger partial charge is 2.00 e. The van der Waals surface area contributed by atoms with E-state index in [0.717, 1.165) is 116 Å². The summed E-state index contributed by atoms with van der Waals surface area (Å²) in [6.07, 6.45) is 30.7. The molecule has 65 heavy (non-hydrogen) atoms. The summed E-state index contributed by atoms with van der Waals surface area (Å²) in [5, 5.41) is 20.7. The summed E-state index contributed by atoms with van der Waals surface area (Å²) in [6.45, 7) is 5.76. The van der Waals surface area contributed by atoms with Crippen LogP contribution in [0.2, 0.25) is 0 Å². The van der Waals surface area contributed by atoms with Gasteiger partial charge in [-0.05, 0) is 101 Å². The quantitative estimate of drug-likeness (QED) is 0.0357. The van der Waals surface area contributed by atoms with E-state index >= 15 is 0 Å². The van der Waals surface area contributed by atoms with E-state index in [4.69, 9.17) is 18.9 Å². The third kappa shape index (κ3) is 45.4. The Morgan fingerprint density at radius 1 is 0.400 bits per heavy atom. The van der Waals surface area contributed by atoms with Crippen LogP contribution in [0.1, 0.15) is 218 Å². The first-order valence-electron chi connectivity index (χ1n) is 25.1. The molecule has 2 unspecified atom stereocenters. The van der Waals surface area contributed by atoms with Crippen LogP contribution in [0, 0.1) is 0 Å². The van der Waals surface area contributed by atoms with Gasteiger partial charge in [0.25, 0.3) is 0 Å². The van der Waals surface area contributed by atoms with Crippen molar-refractivity contribution >= 4 is 72.8 Å². The minimum absolute atomic E-state index is 0. The van der Waals surface area contributed by atoms with Gasteiger partial charge in [0.1, 0.15) is 12.2 Å². The number of carboxylic acids is 2. The van der Waals surface area contributed by atoms with Gasteiger partial charge in [0, 0.05) is 39.0 Å². The van der Waals surface area contributed by atoms with Gasteiger partial charge >= 0.3 is 60.8 Å². The number of rotatable bonds is 42. The summed E-state index contributed by atoms with van der Waals surface area (Å²) in [6, 6.07) is 20.4. The predicted molar refractivity (Wildman–Crippen MR) is 258 cm³/mol. The van der Waals surface area contributed by atoms with E-state index in [1.165, 1.54) is 102 Å². The van der Waals surface area contributed by atoms with Crippen LogP contribution in [0.25, 0.3) is 0 Å². The molecule has 2 aromatic rings. The van der Waals surface area contributed by atoms with Crippen LogP contribution in [0.5, 0.6) is 0 Å². The Hall–Kier alpha value is -2.19. The zero-order valence-corrected chi connectivity index (χ0v) is 45.2. The van der Waals surface area contributed by atoms with Crippen molar-refractivity contribution in [2.75, 3.05) is 13.2 Å². The molecule has 0 saturated heterocycles. The van der Waals surface area contributed by atoms with Crippen molar-refractivity contribution in [3.05, 3.63) is 71.8 Å². The Morgan fingerprint density at radius 2 is 0.662 bits per heavy atom. The molecule has 0 aliphatic carbocycles. The number of unbranched alkanes of at least 4 members (excludes halogenated alkanes) is 20. The van der Waals surface area contributed by atoms with E-state index in [9.17, 15) is 29.4 Å². The van der Waals surface area contributed by atoms with Crippen LogP contribution < -0.4 is 10.2 Å². The monoisotopic (exact) mass is 1030 g/mol. The molecule has 364 valence electrons.